The van der Waals surface area contributed by atoms with Crippen LogP contribution in [0.4, 0.5) is 22.0 Å². The SMILES string of the molecule is CCc1cc(-c2ccc(OC(F)(F)F)cc2)c2ncn(C(F)F)c2c1Br. The molecule has 3 rings (SSSR count). The lowest BCUT2D eigenvalue weighted by atomic mass is 10.00. The molecule has 0 unspecified atom stereocenters. The number of ether oxygens (including phenoxy) is 1. The second-order valence-corrected chi connectivity index (χ2v) is 6.24. The molecule has 0 aliphatic heterocycles. The number of fused-ring (bicyclic) bond motifs is 1. The molecule has 0 saturated carbocycles. The molecule has 0 fully saturated rings. The molecule has 1 aromatic heterocycles. The van der Waals surface area contributed by atoms with Crippen LogP contribution in [0.5, 0.6) is 5.75 Å². The van der Waals surface area contributed by atoms with E-state index in [9.17, 15) is 22.0 Å². The number of imidazole rings is 1. The number of aryl methyl sites for hydroxylation is 1. The molecule has 0 aliphatic rings. The van der Waals surface area contributed by atoms with Gasteiger partial charge in [0, 0.05) is 10.0 Å². The van der Waals surface area contributed by atoms with Crippen molar-refractivity contribution >= 4 is 27.0 Å². The fourth-order valence-electron chi connectivity index (χ4n) is 2.70. The van der Waals surface area contributed by atoms with Crippen molar-refractivity contribution in [3.05, 3.63) is 46.7 Å². The Morgan fingerprint density at radius 1 is 1.19 bits per heavy atom. The normalized spacial score (nSPS) is 12.2. The lowest BCUT2D eigenvalue weighted by Crippen LogP contribution is -2.16. The van der Waals surface area contributed by atoms with Gasteiger partial charge >= 0.3 is 12.9 Å². The summed E-state index contributed by atoms with van der Waals surface area (Å²) in [5, 5.41) is 0. The van der Waals surface area contributed by atoms with Gasteiger partial charge in [-0.1, -0.05) is 19.1 Å². The first-order valence-electron chi connectivity index (χ1n) is 7.53. The van der Waals surface area contributed by atoms with Gasteiger partial charge in [0.2, 0.25) is 0 Å². The Labute approximate surface area is 153 Å². The third kappa shape index (κ3) is 3.53. The summed E-state index contributed by atoms with van der Waals surface area (Å²) in [4.78, 5) is 4.08. The van der Waals surface area contributed by atoms with Crippen LogP contribution >= 0.6 is 15.9 Å². The Balaban J connectivity index is 2.14. The maximum atomic E-state index is 13.3. The van der Waals surface area contributed by atoms with Gasteiger partial charge in [0.05, 0.1) is 11.0 Å². The predicted molar refractivity (Wildman–Crippen MR) is 90.2 cm³/mol. The molecule has 3 aromatic rings. The second kappa shape index (κ2) is 6.86. The molecule has 3 nitrogen and oxygen atoms in total. The maximum absolute atomic E-state index is 13.3. The van der Waals surface area contributed by atoms with Gasteiger partial charge in [-0.3, -0.25) is 4.57 Å². The van der Waals surface area contributed by atoms with Crippen LogP contribution in [0.1, 0.15) is 19.0 Å². The van der Waals surface area contributed by atoms with Crippen LogP contribution in [0.3, 0.4) is 0 Å². The van der Waals surface area contributed by atoms with Gasteiger partial charge in [0.1, 0.15) is 12.1 Å². The third-order valence-corrected chi connectivity index (χ3v) is 4.73. The van der Waals surface area contributed by atoms with Crippen molar-refractivity contribution < 1.29 is 26.7 Å². The quantitative estimate of drug-likeness (QED) is 0.449. The van der Waals surface area contributed by atoms with E-state index in [2.05, 4.69) is 25.7 Å². The highest BCUT2D eigenvalue weighted by atomic mass is 79.9. The van der Waals surface area contributed by atoms with Gasteiger partial charge < -0.3 is 4.74 Å². The van der Waals surface area contributed by atoms with Crippen LogP contribution in [0.2, 0.25) is 0 Å². The first-order valence-corrected chi connectivity index (χ1v) is 8.32. The summed E-state index contributed by atoms with van der Waals surface area (Å²) in [7, 11) is 0. The molecule has 0 saturated heterocycles. The fraction of sp³-hybridized carbons (Fsp3) is 0.235. The van der Waals surface area contributed by atoms with Crippen molar-refractivity contribution in [1.29, 1.82) is 0 Å². The standard InChI is InChI=1S/C17H12BrF5N2O/c1-2-9-7-12(10-3-5-11(6-4-10)26-17(21,22)23)14-15(13(9)18)25(8-24-14)16(19)20/h3-8,16H,2H2,1H3. The summed E-state index contributed by atoms with van der Waals surface area (Å²) in [6, 6.07) is 7.00. The van der Waals surface area contributed by atoms with Gasteiger partial charge in [-0.15, -0.1) is 13.2 Å². The Kier molecular flexibility index (Phi) is 4.92. The molecule has 0 bridgehead atoms. The second-order valence-electron chi connectivity index (χ2n) is 5.45. The average molecular weight is 435 g/mol. The highest BCUT2D eigenvalue weighted by Crippen LogP contribution is 2.38. The van der Waals surface area contributed by atoms with Crippen LogP contribution < -0.4 is 4.74 Å². The number of benzene rings is 2. The van der Waals surface area contributed by atoms with Crippen molar-refractivity contribution in [2.45, 2.75) is 26.3 Å². The number of halogens is 6. The van der Waals surface area contributed by atoms with Gasteiger partial charge in [-0.2, -0.15) is 8.78 Å². The number of hydrogen-bond acceptors (Lipinski definition) is 2. The van der Waals surface area contributed by atoms with Crippen LogP contribution in [0.25, 0.3) is 22.2 Å². The van der Waals surface area contributed by atoms with Gasteiger partial charge in [-0.25, -0.2) is 4.98 Å². The van der Waals surface area contributed by atoms with Gasteiger partial charge in [-0.05, 0) is 51.7 Å². The minimum absolute atomic E-state index is 0.241. The smallest absolute Gasteiger partial charge is 0.406 e. The highest BCUT2D eigenvalue weighted by Gasteiger charge is 2.31. The van der Waals surface area contributed by atoms with E-state index < -0.39 is 12.9 Å². The highest BCUT2D eigenvalue weighted by molar-refractivity contribution is 9.10. The van der Waals surface area contributed by atoms with E-state index in [1.54, 1.807) is 6.07 Å². The molecule has 26 heavy (non-hydrogen) atoms. The van der Waals surface area contributed by atoms with E-state index in [1.165, 1.54) is 24.3 Å². The number of rotatable bonds is 4. The molecule has 0 atom stereocenters. The molecule has 9 heteroatoms. The maximum Gasteiger partial charge on any atom is 0.573 e. The molecule has 0 aliphatic carbocycles. The van der Waals surface area contributed by atoms with E-state index in [-0.39, 0.29) is 11.3 Å². The molecular weight excluding hydrogens is 423 g/mol. The zero-order valence-electron chi connectivity index (χ0n) is 13.3. The Hall–Kier alpha value is -2.16. The van der Waals surface area contributed by atoms with Gasteiger partial charge in [0.25, 0.3) is 0 Å². The third-order valence-electron chi connectivity index (χ3n) is 3.85. The Bertz CT molecular complexity index is 935. The molecular formula is C17H12BrF5N2O. The van der Waals surface area contributed by atoms with E-state index in [0.717, 1.165) is 16.5 Å². The Morgan fingerprint density at radius 3 is 2.38 bits per heavy atom. The summed E-state index contributed by atoms with van der Waals surface area (Å²) in [6.07, 6.45) is -3.16. The summed E-state index contributed by atoms with van der Waals surface area (Å²) in [5.41, 5.74) is 2.46. The zero-order chi connectivity index (χ0) is 19.1. The minimum Gasteiger partial charge on any atom is -0.406 e. The molecule has 0 N–H and O–H groups in total. The van der Waals surface area contributed by atoms with Gasteiger partial charge in [0.15, 0.2) is 0 Å². The van der Waals surface area contributed by atoms with Crippen molar-refractivity contribution in [2.24, 2.45) is 0 Å². The summed E-state index contributed by atoms with van der Waals surface area (Å²) in [6.45, 7) is -0.891. The molecule has 0 amide bonds. The largest absolute Gasteiger partial charge is 0.573 e. The van der Waals surface area contributed by atoms with Crippen molar-refractivity contribution in [2.75, 3.05) is 0 Å². The van der Waals surface area contributed by atoms with Crippen LogP contribution in [-0.4, -0.2) is 15.9 Å². The van der Waals surface area contributed by atoms with Crippen LogP contribution in [0, 0.1) is 0 Å². The fourth-order valence-corrected chi connectivity index (χ4v) is 3.48. The Morgan fingerprint density at radius 2 is 1.85 bits per heavy atom. The number of hydrogen-bond donors (Lipinski definition) is 0. The molecule has 138 valence electrons. The first kappa shape index (κ1) is 18.6. The first-order chi connectivity index (χ1) is 12.2. The topological polar surface area (TPSA) is 27.1 Å². The van der Waals surface area contributed by atoms with Crippen LogP contribution in [0.15, 0.2) is 41.1 Å². The minimum atomic E-state index is -4.78. The summed E-state index contributed by atoms with van der Waals surface area (Å²) >= 11 is 3.35. The van der Waals surface area contributed by atoms with Crippen LogP contribution in [-0.2, 0) is 6.42 Å². The predicted octanol–water partition coefficient (Wildman–Crippen LogP) is 6.32. The van der Waals surface area contributed by atoms with Crippen molar-refractivity contribution in [1.82, 2.24) is 9.55 Å². The van der Waals surface area contributed by atoms with E-state index >= 15 is 0 Å². The summed E-state index contributed by atoms with van der Waals surface area (Å²) < 4.78 is 68.5. The number of nitrogens with zero attached hydrogens (tertiary/aromatic N) is 2. The molecule has 0 spiro atoms. The summed E-state index contributed by atoms with van der Waals surface area (Å²) in [5.74, 6) is -0.358. The number of alkyl halides is 5. The number of aromatic nitrogens is 2. The average Bonchev–Trinajstić information content (AvgIpc) is 3.00. The molecule has 0 radical (unpaired) electrons. The van der Waals surface area contributed by atoms with Crippen molar-refractivity contribution in [3.63, 3.8) is 0 Å². The molecule has 1 heterocycles. The molecule has 2 aromatic carbocycles. The van der Waals surface area contributed by atoms with Crippen molar-refractivity contribution in [3.8, 4) is 16.9 Å². The van der Waals surface area contributed by atoms with E-state index in [0.29, 0.717) is 27.5 Å². The van der Waals surface area contributed by atoms with E-state index in [4.69, 9.17) is 0 Å². The van der Waals surface area contributed by atoms with E-state index in [1.807, 2.05) is 6.92 Å². The zero-order valence-corrected chi connectivity index (χ0v) is 14.9. The monoisotopic (exact) mass is 434 g/mol. The lowest BCUT2D eigenvalue weighted by molar-refractivity contribution is -0.274. The lowest BCUT2D eigenvalue weighted by Gasteiger charge is -2.12.